The van der Waals surface area contributed by atoms with Crippen molar-refractivity contribution >= 4 is 34.2 Å². The van der Waals surface area contributed by atoms with Gasteiger partial charge < -0.3 is 15.5 Å². The average Bonchev–Trinajstić information content (AvgIpc) is 2.82. The second-order valence-corrected chi connectivity index (χ2v) is 9.83. The van der Waals surface area contributed by atoms with Crippen LogP contribution in [-0.2, 0) is 16.1 Å². The highest BCUT2D eigenvalue weighted by molar-refractivity contribution is 5.96. The molecule has 2 heterocycles. The number of carbonyl (C=O) groups is 2. The zero-order valence-electron chi connectivity index (χ0n) is 20.6. The molecule has 2 aromatic carbocycles. The summed E-state index contributed by atoms with van der Waals surface area (Å²) >= 11 is 0. The van der Waals surface area contributed by atoms with E-state index in [0.717, 1.165) is 40.9 Å². The van der Waals surface area contributed by atoms with Crippen molar-refractivity contribution in [2.75, 3.05) is 23.3 Å². The van der Waals surface area contributed by atoms with Gasteiger partial charge >= 0.3 is 0 Å². The van der Waals surface area contributed by atoms with Crippen molar-refractivity contribution in [2.24, 2.45) is 11.8 Å². The molecule has 0 radical (unpaired) electrons. The number of benzene rings is 2. The first-order valence-corrected chi connectivity index (χ1v) is 12.2. The smallest absolute Gasteiger partial charge is 0.224 e. The van der Waals surface area contributed by atoms with Crippen molar-refractivity contribution in [1.29, 1.82) is 0 Å². The van der Waals surface area contributed by atoms with E-state index in [4.69, 9.17) is 4.98 Å². The van der Waals surface area contributed by atoms with Gasteiger partial charge in [0.2, 0.25) is 11.8 Å². The number of amides is 2. The van der Waals surface area contributed by atoms with Gasteiger partial charge in [-0.25, -0.2) is 9.37 Å². The molecule has 1 aliphatic rings. The summed E-state index contributed by atoms with van der Waals surface area (Å²) < 4.78 is 13.0. The lowest BCUT2D eigenvalue weighted by molar-refractivity contribution is -0.124. The Morgan fingerprint density at radius 2 is 1.69 bits per heavy atom. The molecule has 0 spiro atoms. The number of piperidine rings is 1. The van der Waals surface area contributed by atoms with Crippen molar-refractivity contribution < 1.29 is 14.0 Å². The van der Waals surface area contributed by atoms with Crippen LogP contribution in [0.1, 0.15) is 44.2 Å². The lowest BCUT2D eigenvalue weighted by Gasteiger charge is -2.36. The number of fused-ring (bicyclic) bond motifs is 1. The van der Waals surface area contributed by atoms with Crippen LogP contribution >= 0.6 is 0 Å². The molecule has 0 aliphatic carbocycles. The molecule has 3 aromatic rings. The van der Waals surface area contributed by atoms with Gasteiger partial charge in [-0.2, -0.15) is 0 Å². The largest absolute Gasteiger partial charge is 0.356 e. The number of carbonyl (C=O) groups excluding carboxylic acids is 2. The Bertz CT molecular complexity index is 1200. The third kappa shape index (κ3) is 6.56. The zero-order valence-corrected chi connectivity index (χ0v) is 20.6. The molecule has 4 rings (SSSR count). The van der Waals surface area contributed by atoms with Gasteiger partial charge in [0.05, 0.1) is 5.52 Å². The first-order valence-electron chi connectivity index (χ1n) is 12.2. The van der Waals surface area contributed by atoms with E-state index in [9.17, 15) is 14.0 Å². The zero-order chi connectivity index (χ0) is 24.9. The number of halogens is 1. The number of pyridine rings is 1. The topological polar surface area (TPSA) is 74.3 Å². The molecule has 1 aromatic heterocycles. The molecular formula is C28H33FN4O2. The molecule has 6 nitrogen and oxygen atoms in total. The minimum Gasteiger partial charge on any atom is -0.356 e. The summed E-state index contributed by atoms with van der Waals surface area (Å²) in [4.78, 5) is 31.8. The van der Waals surface area contributed by atoms with Crippen LogP contribution in [0.25, 0.3) is 10.9 Å². The predicted molar refractivity (Wildman–Crippen MR) is 138 cm³/mol. The second-order valence-electron chi connectivity index (χ2n) is 9.83. The highest BCUT2D eigenvalue weighted by atomic mass is 19.1. The van der Waals surface area contributed by atoms with Gasteiger partial charge in [0, 0.05) is 43.5 Å². The SMILES string of the molecule is Cc1cc(N2C[C@H](C)C[C@@H](C)C2)nc2ccc(NC(=O)CCC(=O)NCc3ccc(F)cc3)cc12. The number of hydrogen-bond donors (Lipinski definition) is 2. The van der Waals surface area contributed by atoms with Crippen molar-refractivity contribution in [1.82, 2.24) is 10.3 Å². The van der Waals surface area contributed by atoms with E-state index in [1.54, 1.807) is 12.1 Å². The van der Waals surface area contributed by atoms with E-state index in [1.165, 1.54) is 18.6 Å². The van der Waals surface area contributed by atoms with E-state index in [1.807, 2.05) is 18.2 Å². The fraction of sp³-hybridized carbons (Fsp3) is 0.393. The maximum absolute atomic E-state index is 13.0. The van der Waals surface area contributed by atoms with Crippen LogP contribution in [-0.4, -0.2) is 29.9 Å². The normalized spacial score (nSPS) is 17.9. The molecule has 2 N–H and O–H groups in total. The highest BCUT2D eigenvalue weighted by Gasteiger charge is 2.23. The van der Waals surface area contributed by atoms with Gasteiger partial charge in [-0.05, 0) is 72.7 Å². The fourth-order valence-electron chi connectivity index (χ4n) is 4.81. The minimum atomic E-state index is -0.317. The number of aromatic nitrogens is 1. The third-order valence-electron chi connectivity index (χ3n) is 6.46. The van der Waals surface area contributed by atoms with Crippen LogP contribution in [0.5, 0.6) is 0 Å². The van der Waals surface area contributed by atoms with Gasteiger partial charge in [-0.1, -0.05) is 26.0 Å². The number of hydrogen-bond acceptors (Lipinski definition) is 4. The Balaban J connectivity index is 1.33. The van der Waals surface area contributed by atoms with Crippen LogP contribution in [0.3, 0.4) is 0 Å². The standard InChI is InChI=1S/C28H33FN4O2/c1-18-12-19(2)17-33(16-18)26-13-20(3)24-14-23(8-9-25(24)32-26)31-28(35)11-10-27(34)30-15-21-4-6-22(29)7-5-21/h4-9,13-14,18-19H,10-12,15-17H2,1-3H3,(H,30,34)(H,31,35)/t18-,19-/m1/s1. The molecule has 0 unspecified atom stereocenters. The van der Waals surface area contributed by atoms with Crippen molar-refractivity contribution in [2.45, 2.75) is 46.6 Å². The summed E-state index contributed by atoms with van der Waals surface area (Å²) in [7, 11) is 0. The maximum Gasteiger partial charge on any atom is 0.224 e. The van der Waals surface area contributed by atoms with Gasteiger partial charge in [-0.15, -0.1) is 0 Å². The summed E-state index contributed by atoms with van der Waals surface area (Å²) in [5, 5.41) is 6.64. The molecule has 2 amide bonds. The van der Waals surface area contributed by atoms with Crippen molar-refractivity contribution in [3.05, 3.63) is 65.5 Å². The minimum absolute atomic E-state index is 0.0782. The van der Waals surface area contributed by atoms with Crippen molar-refractivity contribution in [3.63, 3.8) is 0 Å². The quantitative estimate of drug-likeness (QED) is 0.492. The third-order valence-corrected chi connectivity index (χ3v) is 6.46. The fourth-order valence-corrected chi connectivity index (χ4v) is 4.81. The molecular weight excluding hydrogens is 443 g/mol. The van der Waals surface area contributed by atoms with E-state index in [0.29, 0.717) is 24.1 Å². The Labute approximate surface area is 205 Å². The molecule has 2 atom stereocenters. The van der Waals surface area contributed by atoms with Gasteiger partial charge in [0.15, 0.2) is 0 Å². The van der Waals surface area contributed by atoms with Crippen LogP contribution in [0.2, 0.25) is 0 Å². The highest BCUT2D eigenvalue weighted by Crippen LogP contribution is 2.29. The van der Waals surface area contributed by atoms with Gasteiger partial charge in [0.1, 0.15) is 11.6 Å². The maximum atomic E-state index is 13.0. The lowest BCUT2D eigenvalue weighted by Crippen LogP contribution is -2.39. The summed E-state index contributed by atoms with van der Waals surface area (Å²) in [6.45, 7) is 9.00. The summed E-state index contributed by atoms with van der Waals surface area (Å²) in [6, 6.07) is 13.8. The van der Waals surface area contributed by atoms with Gasteiger partial charge in [-0.3, -0.25) is 9.59 Å². The number of nitrogens with zero attached hydrogens (tertiary/aromatic N) is 2. The molecule has 1 aliphatic heterocycles. The number of rotatable bonds is 7. The molecule has 0 bridgehead atoms. The van der Waals surface area contributed by atoms with Crippen molar-refractivity contribution in [3.8, 4) is 0 Å². The molecule has 7 heteroatoms. The summed E-state index contributed by atoms with van der Waals surface area (Å²) in [5.41, 5.74) is 3.51. The van der Waals surface area contributed by atoms with Gasteiger partial charge in [0.25, 0.3) is 0 Å². The molecule has 35 heavy (non-hydrogen) atoms. The lowest BCUT2D eigenvalue weighted by atomic mass is 9.92. The van der Waals surface area contributed by atoms with E-state index >= 15 is 0 Å². The van der Waals surface area contributed by atoms with Crippen LogP contribution in [0.15, 0.2) is 48.5 Å². The number of aryl methyl sites for hydroxylation is 1. The Morgan fingerprint density at radius 1 is 1.00 bits per heavy atom. The molecule has 1 fully saturated rings. The van der Waals surface area contributed by atoms with Crippen LogP contribution in [0, 0.1) is 24.6 Å². The van der Waals surface area contributed by atoms with E-state index in [2.05, 4.69) is 42.4 Å². The summed E-state index contributed by atoms with van der Waals surface area (Å²) in [5.74, 6) is 1.55. The Morgan fingerprint density at radius 3 is 2.40 bits per heavy atom. The van der Waals surface area contributed by atoms with Crippen LogP contribution < -0.4 is 15.5 Å². The Hall–Kier alpha value is -3.48. The van der Waals surface area contributed by atoms with E-state index in [-0.39, 0.29) is 30.5 Å². The first-order chi connectivity index (χ1) is 16.8. The summed E-state index contributed by atoms with van der Waals surface area (Å²) in [6.07, 6.45) is 1.41. The van der Waals surface area contributed by atoms with Crippen LogP contribution in [0.4, 0.5) is 15.9 Å². The molecule has 0 saturated carbocycles. The first kappa shape index (κ1) is 24.6. The molecule has 1 saturated heterocycles. The molecule has 184 valence electrons. The second kappa shape index (κ2) is 10.8. The average molecular weight is 477 g/mol. The predicted octanol–water partition coefficient (Wildman–Crippen LogP) is 5.20. The monoisotopic (exact) mass is 476 g/mol. The number of anilines is 2. The Kier molecular flexibility index (Phi) is 7.63. The van der Waals surface area contributed by atoms with E-state index < -0.39 is 0 Å². The number of nitrogens with one attached hydrogen (secondary N) is 2.